The number of amides is 1. The first-order valence-electron chi connectivity index (χ1n) is 9.97. The van der Waals surface area contributed by atoms with Crippen LogP contribution in [-0.4, -0.2) is 40.3 Å². The van der Waals surface area contributed by atoms with Crippen LogP contribution in [-0.2, 0) is 13.0 Å². The summed E-state index contributed by atoms with van der Waals surface area (Å²) >= 11 is 0. The Kier molecular flexibility index (Phi) is 6.40. The highest BCUT2D eigenvalue weighted by Crippen LogP contribution is 2.46. The molecule has 6 nitrogen and oxygen atoms in total. The molecule has 2 aliphatic rings. The highest BCUT2D eigenvalue weighted by atomic mass is 35.5. The van der Waals surface area contributed by atoms with Gasteiger partial charge in [-0.25, -0.2) is 0 Å². The molecular weight excluding hydrogens is 374 g/mol. The third-order valence-corrected chi connectivity index (χ3v) is 5.91. The van der Waals surface area contributed by atoms with Gasteiger partial charge in [0.2, 0.25) is 0 Å². The number of hydrogen-bond donors (Lipinski definition) is 2. The number of nitrogens with one attached hydrogen (secondary N) is 2. The lowest BCUT2D eigenvalue weighted by molar-refractivity contribution is 0.0942. The summed E-state index contributed by atoms with van der Waals surface area (Å²) in [7, 11) is 0. The summed E-state index contributed by atoms with van der Waals surface area (Å²) in [6.45, 7) is 7.83. The van der Waals surface area contributed by atoms with Crippen LogP contribution in [0.5, 0.6) is 0 Å². The molecule has 1 saturated heterocycles. The molecule has 1 amide bonds. The first-order valence-corrected chi connectivity index (χ1v) is 9.97. The Bertz CT molecular complexity index is 824. The molecule has 0 bridgehead atoms. The number of nitrogens with zero attached hydrogens (tertiary/aromatic N) is 3. The summed E-state index contributed by atoms with van der Waals surface area (Å²) in [5.74, 6) is 0.633. The fourth-order valence-corrected chi connectivity index (χ4v) is 4.04. The highest BCUT2D eigenvalue weighted by molar-refractivity contribution is 5.94. The van der Waals surface area contributed by atoms with Crippen molar-refractivity contribution in [2.45, 2.75) is 46.1 Å². The first kappa shape index (κ1) is 20.8. The maximum atomic E-state index is 12.6. The van der Waals surface area contributed by atoms with Gasteiger partial charge < -0.3 is 10.6 Å². The van der Waals surface area contributed by atoms with Gasteiger partial charge in [-0.3, -0.25) is 14.5 Å². The zero-order chi connectivity index (χ0) is 18.9. The van der Waals surface area contributed by atoms with E-state index < -0.39 is 0 Å². The molecule has 2 aromatic heterocycles. The fourth-order valence-electron chi connectivity index (χ4n) is 4.04. The molecule has 152 valence electrons. The summed E-state index contributed by atoms with van der Waals surface area (Å²) < 4.78 is 2.08. The average molecular weight is 404 g/mol. The zero-order valence-corrected chi connectivity index (χ0v) is 17.5. The Labute approximate surface area is 172 Å². The van der Waals surface area contributed by atoms with Crippen molar-refractivity contribution in [2.75, 3.05) is 19.6 Å². The van der Waals surface area contributed by atoms with Gasteiger partial charge in [-0.15, -0.1) is 12.4 Å². The Morgan fingerprint density at radius 1 is 1.32 bits per heavy atom. The summed E-state index contributed by atoms with van der Waals surface area (Å²) in [4.78, 5) is 16.9. The van der Waals surface area contributed by atoms with E-state index in [2.05, 4.69) is 38.4 Å². The minimum Gasteiger partial charge on any atom is -0.351 e. The van der Waals surface area contributed by atoms with Crippen molar-refractivity contribution in [1.29, 1.82) is 0 Å². The van der Waals surface area contributed by atoms with E-state index in [9.17, 15) is 4.79 Å². The zero-order valence-electron chi connectivity index (χ0n) is 16.7. The van der Waals surface area contributed by atoms with E-state index in [1.54, 1.807) is 6.20 Å². The molecule has 0 radical (unpaired) electrons. The number of aryl methyl sites for hydroxylation is 2. The number of pyridine rings is 1. The second kappa shape index (κ2) is 8.62. The van der Waals surface area contributed by atoms with Gasteiger partial charge in [-0.05, 0) is 76.2 Å². The molecule has 7 heteroatoms. The van der Waals surface area contributed by atoms with Crippen LogP contribution >= 0.6 is 12.4 Å². The second-order valence-electron chi connectivity index (χ2n) is 8.41. The maximum absolute atomic E-state index is 12.6. The van der Waals surface area contributed by atoms with Gasteiger partial charge >= 0.3 is 0 Å². The smallest absolute Gasteiger partial charge is 0.252 e. The molecule has 28 heavy (non-hydrogen) atoms. The van der Waals surface area contributed by atoms with Gasteiger partial charge in [0.05, 0.1) is 11.3 Å². The minimum absolute atomic E-state index is 0. The molecule has 1 aliphatic carbocycles. The highest BCUT2D eigenvalue weighted by Gasteiger charge is 2.43. The normalized spacial score (nSPS) is 19.9. The number of hydrogen-bond acceptors (Lipinski definition) is 4. The molecular formula is C21H30ClN5O. The Morgan fingerprint density at radius 3 is 2.79 bits per heavy atom. The number of carbonyl (C=O) groups excluding carboxylic acids is 1. The number of halogens is 1. The lowest BCUT2D eigenvalue weighted by Crippen LogP contribution is -2.33. The van der Waals surface area contributed by atoms with Crippen LogP contribution in [0.25, 0.3) is 0 Å². The first-order chi connectivity index (χ1) is 13.0. The quantitative estimate of drug-likeness (QED) is 0.745. The van der Waals surface area contributed by atoms with Crippen molar-refractivity contribution in [3.8, 4) is 0 Å². The monoisotopic (exact) mass is 403 g/mol. The van der Waals surface area contributed by atoms with E-state index in [0.717, 1.165) is 50.2 Å². The molecule has 0 aromatic carbocycles. The van der Waals surface area contributed by atoms with Crippen LogP contribution in [0.4, 0.5) is 0 Å². The van der Waals surface area contributed by atoms with E-state index in [4.69, 9.17) is 0 Å². The fraction of sp³-hybridized carbons (Fsp3) is 0.571. The van der Waals surface area contributed by atoms with Gasteiger partial charge in [-0.2, -0.15) is 5.10 Å². The van der Waals surface area contributed by atoms with Crippen LogP contribution in [0.3, 0.4) is 0 Å². The lowest BCUT2D eigenvalue weighted by Gasteiger charge is -2.17. The standard InChI is InChI=1S/C21H29N5O.ClH/c1-15-7-16(2)26(25-15)14-21(4-5-21)13-24-20(27)19-9-18(11-23-12-19)8-17-3-6-22-10-17;/h7,9,11-12,17,22H,3-6,8,10,13-14H2,1-2H3,(H,24,27);1H. The predicted octanol–water partition coefficient (Wildman–Crippen LogP) is 2.68. The summed E-state index contributed by atoms with van der Waals surface area (Å²) in [6.07, 6.45) is 8.03. The van der Waals surface area contributed by atoms with Crippen molar-refractivity contribution >= 4 is 18.3 Å². The summed E-state index contributed by atoms with van der Waals surface area (Å²) in [6, 6.07) is 4.10. The summed E-state index contributed by atoms with van der Waals surface area (Å²) in [5, 5.41) is 11.1. The van der Waals surface area contributed by atoms with Gasteiger partial charge in [0.1, 0.15) is 0 Å². The second-order valence-corrected chi connectivity index (χ2v) is 8.41. The summed E-state index contributed by atoms with van der Waals surface area (Å²) in [5.41, 5.74) is 4.20. The molecule has 1 unspecified atom stereocenters. The molecule has 4 rings (SSSR count). The number of carbonyl (C=O) groups is 1. The van der Waals surface area contributed by atoms with E-state index in [1.165, 1.54) is 12.1 Å². The third kappa shape index (κ3) is 4.92. The average Bonchev–Trinajstić information content (AvgIpc) is 3.07. The van der Waals surface area contributed by atoms with Crippen molar-refractivity contribution in [3.63, 3.8) is 0 Å². The van der Waals surface area contributed by atoms with Crippen LogP contribution in [0.15, 0.2) is 24.5 Å². The largest absolute Gasteiger partial charge is 0.351 e. The topological polar surface area (TPSA) is 71.8 Å². The molecule has 0 spiro atoms. The van der Waals surface area contributed by atoms with Crippen LogP contribution in [0.2, 0.25) is 0 Å². The van der Waals surface area contributed by atoms with Crippen molar-refractivity contribution in [2.24, 2.45) is 11.3 Å². The Morgan fingerprint density at radius 2 is 2.14 bits per heavy atom. The number of rotatable bonds is 7. The van der Waals surface area contributed by atoms with Gasteiger partial charge in [0, 0.05) is 36.6 Å². The lowest BCUT2D eigenvalue weighted by atomic mass is 9.99. The molecule has 2 fully saturated rings. The third-order valence-electron chi connectivity index (χ3n) is 5.91. The van der Waals surface area contributed by atoms with E-state index in [0.29, 0.717) is 18.0 Å². The molecule has 2 aromatic rings. The van der Waals surface area contributed by atoms with Crippen molar-refractivity contribution in [3.05, 3.63) is 47.0 Å². The molecule has 2 N–H and O–H groups in total. The molecule has 3 heterocycles. The Balaban J connectivity index is 0.00000225. The van der Waals surface area contributed by atoms with Crippen LogP contribution in [0, 0.1) is 25.2 Å². The number of aromatic nitrogens is 3. The van der Waals surface area contributed by atoms with Crippen molar-refractivity contribution in [1.82, 2.24) is 25.4 Å². The van der Waals surface area contributed by atoms with Crippen LogP contribution < -0.4 is 10.6 Å². The van der Waals surface area contributed by atoms with Gasteiger partial charge in [-0.1, -0.05) is 0 Å². The Hall–Kier alpha value is -1.92. The SMILES string of the molecule is Cc1cc(C)n(CC2(CNC(=O)c3cncc(CC4CCNC4)c3)CC2)n1.Cl. The van der Waals surface area contributed by atoms with E-state index >= 15 is 0 Å². The molecule has 1 saturated carbocycles. The van der Waals surface area contributed by atoms with E-state index in [-0.39, 0.29) is 23.7 Å². The van der Waals surface area contributed by atoms with Gasteiger partial charge in [0.15, 0.2) is 0 Å². The molecule has 1 aliphatic heterocycles. The van der Waals surface area contributed by atoms with Crippen molar-refractivity contribution < 1.29 is 4.79 Å². The minimum atomic E-state index is -0.0199. The van der Waals surface area contributed by atoms with Gasteiger partial charge in [0.25, 0.3) is 5.91 Å². The predicted molar refractivity (Wildman–Crippen MR) is 112 cm³/mol. The van der Waals surface area contributed by atoms with Crippen LogP contribution in [0.1, 0.15) is 46.6 Å². The van der Waals surface area contributed by atoms with E-state index in [1.807, 2.05) is 19.2 Å². The maximum Gasteiger partial charge on any atom is 0.252 e. The molecule has 1 atom stereocenters.